The SMILES string of the molecule is Cc1cc(C(=O)Nc2ccc(CC(=O)NCC(F)(F)F)cc2)ccc1[N+](=O)[O-]. The molecule has 0 aliphatic carbocycles. The summed E-state index contributed by atoms with van der Waals surface area (Å²) >= 11 is 0. The number of hydrogen-bond acceptors (Lipinski definition) is 4. The normalized spacial score (nSPS) is 11.0. The molecule has 0 atom stereocenters. The lowest BCUT2D eigenvalue weighted by Crippen LogP contribution is -2.34. The molecule has 2 rings (SSSR count). The van der Waals surface area contributed by atoms with Crippen molar-refractivity contribution in [2.24, 2.45) is 0 Å². The Morgan fingerprint density at radius 2 is 1.75 bits per heavy atom. The Kier molecular flexibility index (Phi) is 6.34. The summed E-state index contributed by atoms with van der Waals surface area (Å²) in [6.07, 6.45) is -4.70. The van der Waals surface area contributed by atoms with E-state index in [1.807, 2.05) is 0 Å². The van der Waals surface area contributed by atoms with Crippen LogP contribution in [0.25, 0.3) is 0 Å². The van der Waals surface area contributed by atoms with E-state index in [4.69, 9.17) is 0 Å². The Morgan fingerprint density at radius 1 is 1.11 bits per heavy atom. The Labute approximate surface area is 157 Å². The molecule has 7 nitrogen and oxygen atoms in total. The lowest BCUT2D eigenvalue weighted by atomic mass is 10.1. The molecule has 0 unspecified atom stereocenters. The first-order valence-corrected chi connectivity index (χ1v) is 8.04. The molecule has 148 valence electrons. The molecular formula is C18H16F3N3O4. The molecule has 0 saturated carbocycles. The number of anilines is 1. The van der Waals surface area contributed by atoms with Crippen LogP contribution in [0, 0.1) is 17.0 Å². The van der Waals surface area contributed by atoms with E-state index < -0.39 is 29.5 Å². The number of amides is 2. The van der Waals surface area contributed by atoms with Crippen molar-refractivity contribution in [3.8, 4) is 0 Å². The van der Waals surface area contributed by atoms with E-state index in [0.29, 0.717) is 16.8 Å². The fourth-order valence-electron chi connectivity index (χ4n) is 2.36. The summed E-state index contributed by atoms with van der Waals surface area (Å²) in [6.45, 7) is 0.127. The Balaban J connectivity index is 1.96. The van der Waals surface area contributed by atoms with Crippen LogP contribution < -0.4 is 10.6 Å². The summed E-state index contributed by atoms with van der Waals surface area (Å²) in [5.74, 6) is -1.25. The van der Waals surface area contributed by atoms with E-state index in [2.05, 4.69) is 5.32 Å². The van der Waals surface area contributed by atoms with Gasteiger partial charge in [-0.2, -0.15) is 13.2 Å². The van der Waals surface area contributed by atoms with E-state index in [0.717, 1.165) is 0 Å². The highest BCUT2D eigenvalue weighted by molar-refractivity contribution is 6.04. The van der Waals surface area contributed by atoms with Gasteiger partial charge in [-0.15, -0.1) is 0 Å². The Hall–Kier alpha value is -3.43. The smallest absolute Gasteiger partial charge is 0.347 e. The number of halogens is 3. The highest BCUT2D eigenvalue weighted by Crippen LogP contribution is 2.20. The zero-order valence-corrected chi connectivity index (χ0v) is 14.7. The maximum atomic E-state index is 12.2. The summed E-state index contributed by atoms with van der Waals surface area (Å²) in [6, 6.07) is 9.98. The molecule has 2 N–H and O–H groups in total. The number of carbonyl (C=O) groups excluding carboxylic acids is 2. The molecule has 0 aliphatic rings. The second-order valence-corrected chi connectivity index (χ2v) is 5.98. The molecule has 2 amide bonds. The van der Waals surface area contributed by atoms with E-state index in [1.165, 1.54) is 49.4 Å². The average Bonchev–Trinajstić information content (AvgIpc) is 2.60. The van der Waals surface area contributed by atoms with Crippen molar-refractivity contribution < 1.29 is 27.7 Å². The van der Waals surface area contributed by atoms with Gasteiger partial charge >= 0.3 is 6.18 Å². The highest BCUT2D eigenvalue weighted by atomic mass is 19.4. The molecule has 0 heterocycles. The van der Waals surface area contributed by atoms with Gasteiger partial charge in [0, 0.05) is 22.9 Å². The molecular weight excluding hydrogens is 379 g/mol. The Morgan fingerprint density at radius 3 is 2.29 bits per heavy atom. The molecule has 0 fully saturated rings. The molecule has 0 aliphatic heterocycles. The van der Waals surface area contributed by atoms with Gasteiger partial charge in [-0.1, -0.05) is 12.1 Å². The van der Waals surface area contributed by atoms with Crippen LogP contribution in [0.1, 0.15) is 21.5 Å². The monoisotopic (exact) mass is 395 g/mol. The second kappa shape index (κ2) is 8.51. The third kappa shape index (κ3) is 6.08. The molecule has 28 heavy (non-hydrogen) atoms. The number of alkyl halides is 3. The number of nitro benzene ring substituents is 1. The van der Waals surface area contributed by atoms with E-state index in [1.54, 1.807) is 5.32 Å². The van der Waals surface area contributed by atoms with Crippen LogP contribution in [0.4, 0.5) is 24.5 Å². The van der Waals surface area contributed by atoms with Gasteiger partial charge < -0.3 is 10.6 Å². The van der Waals surface area contributed by atoms with E-state index in [-0.39, 0.29) is 17.7 Å². The predicted molar refractivity (Wildman–Crippen MR) is 95.0 cm³/mol. The fourth-order valence-corrected chi connectivity index (χ4v) is 2.36. The van der Waals surface area contributed by atoms with Crippen LogP contribution in [0.15, 0.2) is 42.5 Å². The van der Waals surface area contributed by atoms with Crippen LogP contribution in [0.3, 0.4) is 0 Å². The number of aryl methyl sites for hydroxylation is 1. The van der Waals surface area contributed by atoms with Gasteiger partial charge in [-0.25, -0.2) is 0 Å². The van der Waals surface area contributed by atoms with E-state index in [9.17, 15) is 32.9 Å². The van der Waals surface area contributed by atoms with Crippen molar-refractivity contribution in [2.75, 3.05) is 11.9 Å². The first kappa shape index (κ1) is 20.9. The molecule has 10 heteroatoms. The predicted octanol–water partition coefficient (Wildman–Crippen LogP) is 3.38. The van der Waals surface area contributed by atoms with Gasteiger partial charge in [0.1, 0.15) is 6.54 Å². The molecule has 0 radical (unpaired) electrons. The molecule has 0 spiro atoms. The van der Waals surface area contributed by atoms with Gasteiger partial charge in [0.2, 0.25) is 5.91 Å². The maximum Gasteiger partial charge on any atom is 0.405 e. The minimum absolute atomic E-state index is 0.0929. The van der Waals surface area contributed by atoms with E-state index >= 15 is 0 Å². The highest BCUT2D eigenvalue weighted by Gasteiger charge is 2.27. The van der Waals surface area contributed by atoms with Crippen molar-refractivity contribution in [2.45, 2.75) is 19.5 Å². The van der Waals surface area contributed by atoms with Gasteiger partial charge in [-0.3, -0.25) is 19.7 Å². The molecule has 0 aromatic heterocycles. The number of carbonyl (C=O) groups is 2. The largest absolute Gasteiger partial charge is 0.405 e. The number of benzene rings is 2. The summed E-state index contributed by atoms with van der Waals surface area (Å²) in [7, 11) is 0. The van der Waals surface area contributed by atoms with Crippen molar-refractivity contribution >= 4 is 23.2 Å². The summed E-state index contributed by atoms with van der Waals surface area (Å²) < 4.78 is 36.2. The first-order chi connectivity index (χ1) is 13.0. The standard InChI is InChI=1S/C18H16F3N3O4/c1-11-8-13(4-7-15(11)24(27)28)17(26)23-14-5-2-12(3-6-14)9-16(25)22-10-18(19,20)21/h2-8H,9-10H2,1H3,(H,22,25)(H,23,26). The number of nitrogens with one attached hydrogen (secondary N) is 2. The average molecular weight is 395 g/mol. The van der Waals surface area contributed by atoms with Crippen LogP contribution in [0.5, 0.6) is 0 Å². The molecule has 0 saturated heterocycles. The maximum absolute atomic E-state index is 12.2. The number of rotatable bonds is 6. The lowest BCUT2D eigenvalue weighted by Gasteiger charge is -2.09. The third-order valence-electron chi connectivity index (χ3n) is 3.72. The lowest BCUT2D eigenvalue weighted by molar-refractivity contribution is -0.385. The van der Waals surface area contributed by atoms with Gasteiger partial charge in [0.05, 0.1) is 11.3 Å². The minimum Gasteiger partial charge on any atom is -0.347 e. The number of nitro groups is 1. The minimum atomic E-state index is -4.47. The zero-order valence-electron chi connectivity index (χ0n) is 14.7. The van der Waals surface area contributed by atoms with Gasteiger partial charge in [0.15, 0.2) is 0 Å². The van der Waals surface area contributed by atoms with Crippen LogP contribution in [-0.4, -0.2) is 29.5 Å². The van der Waals surface area contributed by atoms with Crippen molar-refractivity contribution in [3.05, 3.63) is 69.3 Å². The number of hydrogen-bond donors (Lipinski definition) is 2. The third-order valence-corrected chi connectivity index (χ3v) is 3.72. The molecule has 2 aromatic carbocycles. The number of nitrogens with zero attached hydrogens (tertiary/aromatic N) is 1. The van der Waals surface area contributed by atoms with Crippen LogP contribution in [-0.2, 0) is 11.2 Å². The second-order valence-electron chi connectivity index (χ2n) is 5.98. The Bertz CT molecular complexity index is 896. The first-order valence-electron chi connectivity index (χ1n) is 8.04. The topological polar surface area (TPSA) is 101 Å². The van der Waals surface area contributed by atoms with Gasteiger partial charge in [0.25, 0.3) is 11.6 Å². The fraction of sp³-hybridized carbons (Fsp3) is 0.222. The van der Waals surface area contributed by atoms with Crippen molar-refractivity contribution in [1.82, 2.24) is 5.32 Å². The summed E-state index contributed by atoms with van der Waals surface area (Å²) in [5, 5.41) is 15.2. The summed E-state index contributed by atoms with van der Waals surface area (Å²) in [5.41, 5.74) is 1.37. The van der Waals surface area contributed by atoms with Crippen LogP contribution in [0.2, 0.25) is 0 Å². The van der Waals surface area contributed by atoms with Gasteiger partial charge in [-0.05, 0) is 36.8 Å². The van der Waals surface area contributed by atoms with Crippen molar-refractivity contribution in [3.63, 3.8) is 0 Å². The van der Waals surface area contributed by atoms with Crippen LogP contribution >= 0.6 is 0 Å². The molecule has 2 aromatic rings. The zero-order chi connectivity index (χ0) is 20.9. The van der Waals surface area contributed by atoms with Crippen molar-refractivity contribution in [1.29, 1.82) is 0 Å². The molecule has 0 bridgehead atoms. The summed E-state index contributed by atoms with van der Waals surface area (Å²) in [4.78, 5) is 34.0. The quantitative estimate of drug-likeness (QED) is 0.578.